The third kappa shape index (κ3) is 6.03. The summed E-state index contributed by atoms with van der Waals surface area (Å²) < 4.78 is 4.35. The number of methoxy groups -OCH3 is 1. The summed E-state index contributed by atoms with van der Waals surface area (Å²) in [7, 11) is 2.54. The van der Waals surface area contributed by atoms with E-state index in [0.717, 1.165) is 12.0 Å². The van der Waals surface area contributed by atoms with Crippen LogP contribution in [0.4, 0.5) is 4.79 Å². The normalized spacial score (nSPS) is 11.2. The van der Waals surface area contributed by atoms with Gasteiger partial charge in [0.2, 0.25) is 5.91 Å². The summed E-state index contributed by atoms with van der Waals surface area (Å²) in [6.07, 6.45) is -0.491. The van der Waals surface area contributed by atoms with E-state index in [1.165, 1.54) is 7.05 Å². The van der Waals surface area contributed by atoms with Gasteiger partial charge in [-0.3, -0.25) is 9.59 Å². The SMILES string of the molecule is CCN(CC(=O)NC)C(=O)N[C@@H](CC(=O)OC)C(=O)O. The van der Waals surface area contributed by atoms with Gasteiger partial charge in [0.15, 0.2) is 0 Å². The molecular formula is C11H19N3O6. The Morgan fingerprint density at radius 1 is 1.30 bits per heavy atom. The molecule has 0 heterocycles. The van der Waals surface area contributed by atoms with Crippen LogP contribution < -0.4 is 10.6 Å². The average molecular weight is 289 g/mol. The third-order valence-corrected chi connectivity index (χ3v) is 2.48. The molecule has 20 heavy (non-hydrogen) atoms. The fraction of sp³-hybridized carbons (Fsp3) is 0.636. The van der Waals surface area contributed by atoms with Gasteiger partial charge in [0.1, 0.15) is 12.6 Å². The van der Waals surface area contributed by atoms with Crippen molar-refractivity contribution in [1.82, 2.24) is 15.5 Å². The first-order chi connectivity index (χ1) is 9.35. The Morgan fingerprint density at radius 2 is 1.90 bits per heavy atom. The van der Waals surface area contributed by atoms with Crippen molar-refractivity contribution in [1.29, 1.82) is 0 Å². The standard InChI is InChI=1S/C11H19N3O6/c1-4-14(6-8(15)12-2)11(19)13-7(10(17)18)5-9(16)20-3/h7H,4-6H2,1-3H3,(H,12,15)(H,13,19)(H,17,18)/t7-/m0/s1. The molecule has 0 aromatic carbocycles. The zero-order valence-electron chi connectivity index (χ0n) is 11.6. The summed E-state index contributed by atoms with van der Waals surface area (Å²) in [4.78, 5) is 46.2. The predicted molar refractivity (Wildman–Crippen MR) is 67.9 cm³/mol. The van der Waals surface area contributed by atoms with Gasteiger partial charge in [0.25, 0.3) is 0 Å². The number of carboxylic acid groups (broad SMARTS) is 1. The molecule has 0 fully saturated rings. The highest BCUT2D eigenvalue weighted by molar-refractivity contribution is 5.88. The number of hydrogen-bond acceptors (Lipinski definition) is 5. The maximum atomic E-state index is 11.8. The van der Waals surface area contributed by atoms with Crippen LogP contribution in [-0.4, -0.2) is 67.2 Å². The monoisotopic (exact) mass is 289 g/mol. The highest BCUT2D eigenvalue weighted by Gasteiger charge is 2.26. The minimum absolute atomic E-state index is 0.205. The number of hydrogen-bond donors (Lipinski definition) is 3. The first-order valence-electron chi connectivity index (χ1n) is 5.91. The van der Waals surface area contributed by atoms with E-state index >= 15 is 0 Å². The smallest absolute Gasteiger partial charge is 0.326 e. The van der Waals surface area contributed by atoms with Crippen LogP contribution in [0, 0.1) is 0 Å². The number of likely N-dealkylation sites (N-methyl/N-ethyl adjacent to an activating group) is 2. The van der Waals surface area contributed by atoms with Crippen molar-refractivity contribution in [2.45, 2.75) is 19.4 Å². The maximum absolute atomic E-state index is 11.8. The topological polar surface area (TPSA) is 125 Å². The number of urea groups is 1. The van der Waals surface area contributed by atoms with E-state index in [1.54, 1.807) is 6.92 Å². The fourth-order valence-corrected chi connectivity index (χ4v) is 1.27. The lowest BCUT2D eigenvalue weighted by Crippen LogP contribution is -2.50. The van der Waals surface area contributed by atoms with E-state index in [-0.39, 0.29) is 19.0 Å². The van der Waals surface area contributed by atoms with Crippen molar-refractivity contribution in [2.75, 3.05) is 27.2 Å². The van der Waals surface area contributed by atoms with Crippen molar-refractivity contribution in [2.24, 2.45) is 0 Å². The molecule has 0 aromatic rings. The molecule has 3 N–H and O–H groups in total. The summed E-state index contributed by atoms with van der Waals surface area (Å²) in [6.45, 7) is 1.64. The molecule has 0 bridgehead atoms. The van der Waals surface area contributed by atoms with Crippen LogP contribution in [0.25, 0.3) is 0 Å². The molecular weight excluding hydrogens is 270 g/mol. The van der Waals surface area contributed by atoms with Crippen LogP contribution in [0.2, 0.25) is 0 Å². The number of nitrogens with one attached hydrogen (secondary N) is 2. The Bertz CT molecular complexity index is 384. The molecule has 0 spiro atoms. The number of rotatable bonds is 7. The minimum Gasteiger partial charge on any atom is -0.480 e. The Hall–Kier alpha value is -2.32. The van der Waals surface area contributed by atoms with Gasteiger partial charge >= 0.3 is 18.0 Å². The number of amides is 3. The molecule has 3 amide bonds. The number of carbonyl (C=O) groups is 4. The second-order valence-corrected chi connectivity index (χ2v) is 3.81. The van der Waals surface area contributed by atoms with Crippen molar-refractivity contribution in [3.8, 4) is 0 Å². The number of esters is 1. The lowest BCUT2D eigenvalue weighted by molar-refractivity contribution is -0.147. The number of aliphatic carboxylic acids is 1. The molecule has 1 atom stereocenters. The van der Waals surface area contributed by atoms with Gasteiger partial charge in [0.05, 0.1) is 13.5 Å². The van der Waals surface area contributed by atoms with E-state index in [1.807, 2.05) is 0 Å². The van der Waals surface area contributed by atoms with Crippen LogP contribution in [0.3, 0.4) is 0 Å². The second kappa shape index (κ2) is 8.73. The highest BCUT2D eigenvalue weighted by Crippen LogP contribution is 1.98. The molecule has 0 saturated carbocycles. The van der Waals surface area contributed by atoms with Crippen LogP contribution in [0.1, 0.15) is 13.3 Å². The van der Waals surface area contributed by atoms with Crippen molar-refractivity contribution in [3.05, 3.63) is 0 Å². The Balaban J connectivity index is 4.67. The summed E-state index contributed by atoms with van der Waals surface area (Å²) in [6, 6.07) is -2.15. The minimum atomic E-state index is -1.41. The Kier molecular flexibility index (Phi) is 7.71. The molecule has 114 valence electrons. The number of carboxylic acids is 1. The molecule has 0 aromatic heterocycles. The highest BCUT2D eigenvalue weighted by atomic mass is 16.5. The van der Waals surface area contributed by atoms with Crippen LogP contribution >= 0.6 is 0 Å². The van der Waals surface area contributed by atoms with Crippen LogP contribution in [-0.2, 0) is 19.1 Å². The molecule has 9 heteroatoms. The van der Waals surface area contributed by atoms with E-state index < -0.39 is 30.4 Å². The molecule has 0 aliphatic carbocycles. The lowest BCUT2D eigenvalue weighted by atomic mass is 10.2. The molecule has 0 aliphatic rings. The van der Waals surface area contributed by atoms with Crippen molar-refractivity contribution < 1.29 is 29.0 Å². The molecule has 0 radical (unpaired) electrons. The first-order valence-corrected chi connectivity index (χ1v) is 5.91. The summed E-state index contributed by atoms with van der Waals surface area (Å²) >= 11 is 0. The number of nitrogens with zero attached hydrogens (tertiary/aromatic N) is 1. The van der Waals surface area contributed by atoms with Gasteiger partial charge in [-0.15, -0.1) is 0 Å². The van der Waals surface area contributed by atoms with Gasteiger partial charge in [-0.1, -0.05) is 0 Å². The summed E-state index contributed by atoms with van der Waals surface area (Å²) in [5.74, 6) is -2.51. The molecule has 0 unspecified atom stereocenters. The second-order valence-electron chi connectivity index (χ2n) is 3.81. The van der Waals surface area contributed by atoms with Gasteiger partial charge in [-0.2, -0.15) is 0 Å². The van der Waals surface area contributed by atoms with E-state index in [9.17, 15) is 19.2 Å². The van der Waals surface area contributed by atoms with Crippen LogP contribution in [0.15, 0.2) is 0 Å². The van der Waals surface area contributed by atoms with Gasteiger partial charge < -0.3 is 25.4 Å². The fourth-order valence-electron chi connectivity index (χ4n) is 1.27. The van der Waals surface area contributed by atoms with Crippen LogP contribution in [0.5, 0.6) is 0 Å². The zero-order chi connectivity index (χ0) is 15.7. The molecule has 0 saturated heterocycles. The predicted octanol–water partition coefficient (Wildman–Crippen LogP) is -1.22. The average Bonchev–Trinajstić information content (AvgIpc) is 2.42. The molecule has 0 aliphatic heterocycles. The van der Waals surface area contributed by atoms with Gasteiger partial charge in [0, 0.05) is 13.6 Å². The van der Waals surface area contributed by atoms with E-state index in [0.29, 0.717) is 0 Å². The van der Waals surface area contributed by atoms with Crippen molar-refractivity contribution >= 4 is 23.9 Å². The summed E-state index contributed by atoms with van der Waals surface area (Å²) in [5.41, 5.74) is 0. The lowest BCUT2D eigenvalue weighted by Gasteiger charge is -2.22. The third-order valence-electron chi connectivity index (χ3n) is 2.48. The first kappa shape index (κ1) is 17.7. The van der Waals surface area contributed by atoms with E-state index in [2.05, 4.69) is 15.4 Å². The zero-order valence-corrected chi connectivity index (χ0v) is 11.6. The maximum Gasteiger partial charge on any atom is 0.326 e. The number of ether oxygens (including phenoxy) is 1. The summed E-state index contributed by atoms with van der Waals surface area (Å²) in [5, 5.41) is 13.4. The van der Waals surface area contributed by atoms with Gasteiger partial charge in [-0.25, -0.2) is 9.59 Å². The van der Waals surface area contributed by atoms with E-state index in [4.69, 9.17) is 5.11 Å². The molecule has 0 rings (SSSR count). The largest absolute Gasteiger partial charge is 0.480 e. The van der Waals surface area contributed by atoms with Crippen molar-refractivity contribution in [3.63, 3.8) is 0 Å². The van der Waals surface area contributed by atoms with Gasteiger partial charge in [-0.05, 0) is 6.92 Å². The number of carbonyl (C=O) groups excluding carboxylic acids is 3. The Morgan fingerprint density at radius 3 is 2.30 bits per heavy atom. The quantitative estimate of drug-likeness (QED) is 0.504. The molecule has 9 nitrogen and oxygen atoms in total. The Labute approximate surface area is 116 Å².